The summed E-state index contributed by atoms with van der Waals surface area (Å²) in [6, 6.07) is 7.77. The summed E-state index contributed by atoms with van der Waals surface area (Å²) in [6.07, 6.45) is 0.957. The fourth-order valence-corrected chi connectivity index (χ4v) is 3.00. The van der Waals surface area contributed by atoms with Gasteiger partial charge in [0.15, 0.2) is 0 Å². The lowest BCUT2D eigenvalue weighted by Gasteiger charge is -2.27. The molecular weight excluding hydrogens is 304 g/mol. The molecule has 5 nitrogen and oxygen atoms in total. The number of fused-ring (bicyclic) bond motifs is 1. The van der Waals surface area contributed by atoms with E-state index in [-0.39, 0.29) is 29.9 Å². The molecule has 0 N–H and O–H groups in total. The zero-order valence-electron chi connectivity index (χ0n) is 15.3. The van der Waals surface area contributed by atoms with Crippen LogP contribution in [0.1, 0.15) is 45.3 Å². The first-order valence-corrected chi connectivity index (χ1v) is 8.39. The van der Waals surface area contributed by atoms with E-state index in [2.05, 4.69) is 0 Å². The van der Waals surface area contributed by atoms with E-state index in [4.69, 9.17) is 4.74 Å². The average Bonchev–Trinajstić information content (AvgIpc) is 2.56. The number of carbonyl (C=O) groups is 2. The van der Waals surface area contributed by atoms with Gasteiger partial charge < -0.3 is 14.5 Å². The van der Waals surface area contributed by atoms with Crippen LogP contribution in [0.25, 0.3) is 0 Å². The highest BCUT2D eigenvalue weighted by atomic mass is 16.5. The second kappa shape index (κ2) is 7.34. The van der Waals surface area contributed by atoms with E-state index in [0.29, 0.717) is 19.4 Å². The van der Waals surface area contributed by atoms with Crippen molar-refractivity contribution in [3.05, 3.63) is 29.8 Å². The first kappa shape index (κ1) is 18.5. The molecule has 2 amide bonds. The van der Waals surface area contributed by atoms with E-state index >= 15 is 0 Å². The number of benzene rings is 1. The summed E-state index contributed by atoms with van der Waals surface area (Å²) in [5.41, 5.74) is 1.73. The molecule has 0 bridgehead atoms. The molecule has 132 valence electrons. The Labute approximate surface area is 144 Å². The molecule has 0 spiro atoms. The number of methoxy groups -OCH3 is 1. The van der Waals surface area contributed by atoms with Crippen molar-refractivity contribution >= 4 is 17.5 Å². The minimum Gasteiger partial charge on any atom is -0.377 e. The molecule has 0 radical (unpaired) electrons. The highest BCUT2D eigenvalue weighted by Gasteiger charge is 2.28. The number of nitrogens with zero attached hydrogens (tertiary/aromatic N) is 2. The Morgan fingerprint density at radius 2 is 1.96 bits per heavy atom. The van der Waals surface area contributed by atoms with Gasteiger partial charge in [-0.2, -0.15) is 0 Å². The van der Waals surface area contributed by atoms with Crippen molar-refractivity contribution in [2.45, 2.75) is 39.7 Å². The Bertz CT molecular complexity index is 607. The molecule has 24 heavy (non-hydrogen) atoms. The first-order chi connectivity index (χ1) is 11.2. The molecule has 0 aromatic heterocycles. The lowest BCUT2D eigenvalue weighted by atomic mass is 9.91. The average molecular weight is 332 g/mol. The lowest BCUT2D eigenvalue weighted by Crippen LogP contribution is -2.42. The number of carbonyl (C=O) groups excluding carboxylic acids is 2. The van der Waals surface area contributed by atoms with Crippen LogP contribution in [0.2, 0.25) is 0 Å². The van der Waals surface area contributed by atoms with E-state index in [1.807, 2.05) is 45.0 Å². The molecule has 1 heterocycles. The highest BCUT2D eigenvalue weighted by Crippen LogP contribution is 2.31. The van der Waals surface area contributed by atoms with Crippen molar-refractivity contribution in [1.29, 1.82) is 0 Å². The van der Waals surface area contributed by atoms with Gasteiger partial charge in [0.05, 0.1) is 6.10 Å². The van der Waals surface area contributed by atoms with Crippen molar-refractivity contribution in [2.75, 3.05) is 32.1 Å². The zero-order valence-corrected chi connectivity index (χ0v) is 15.3. The molecular formula is C19H28N2O3. The van der Waals surface area contributed by atoms with E-state index in [0.717, 1.165) is 11.3 Å². The predicted molar refractivity (Wildman–Crippen MR) is 94.9 cm³/mol. The van der Waals surface area contributed by atoms with E-state index < -0.39 is 0 Å². The molecule has 1 aliphatic rings. The van der Waals surface area contributed by atoms with Gasteiger partial charge in [-0.05, 0) is 17.9 Å². The van der Waals surface area contributed by atoms with Crippen LogP contribution in [0.3, 0.4) is 0 Å². The molecule has 1 aliphatic heterocycles. The molecule has 1 aromatic rings. The summed E-state index contributed by atoms with van der Waals surface area (Å²) in [4.78, 5) is 28.6. The van der Waals surface area contributed by atoms with Gasteiger partial charge >= 0.3 is 0 Å². The third-order valence-electron chi connectivity index (χ3n) is 4.33. The predicted octanol–water partition coefficient (Wildman–Crippen LogP) is 3.01. The van der Waals surface area contributed by atoms with E-state index in [9.17, 15) is 9.59 Å². The van der Waals surface area contributed by atoms with Gasteiger partial charge in [0.2, 0.25) is 11.8 Å². The Morgan fingerprint density at radius 3 is 2.58 bits per heavy atom. The summed E-state index contributed by atoms with van der Waals surface area (Å²) in [6.45, 7) is 6.71. The van der Waals surface area contributed by atoms with Crippen LogP contribution in [0.15, 0.2) is 24.3 Å². The van der Waals surface area contributed by atoms with Gasteiger partial charge in [0.25, 0.3) is 0 Å². The normalized spacial score (nSPS) is 19.4. The molecule has 2 rings (SSSR count). The molecule has 0 saturated heterocycles. The van der Waals surface area contributed by atoms with Gasteiger partial charge in [-0.25, -0.2) is 0 Å². The fraction of sp³-hybridized carbons (Fsp3) is 0.579. The molecule has 1 unspecified atom stereocenters. The fourth-order valence-electron chi connectivity index (χ4n) is 3.00. The maximum Gasteiger partial charge on any atom is 0.246 e. The molecule has 0 aliphatic carbocycles. The summed E-state index contributed by atoms with van der Waals surface area (Å²) in [5.74, 6) is -0.0634. The number of ether oxygens (including phenoxy) is 1. The summed E-state index contributed by atoms with van der Waals surface area (Å²) >= 11 is 0. The van der Waals surface area contributed by atoms with E-state index in [1.165, 1.54) is 0 Å². The SMILES string of the molecule is COC1CCN(C(=O)CC(C)(C)C)CC(=O)N(C)c2ccccc21. The second-order valence-electron chi connectivity index (χ2n) is 7.58. The third kappa shape index (κ3) is 4.35. The van der Waals surface area contributed by atoms with Gasteiger partial charge in [-0.15, -0.1) is 0 Å². The Kier molecular flexibility index (Phi) is 5.65. The van der Waals surface area contributed by atoms with Crippen molar-refractivity contribution < 1.29 is 14.3 Å². The van der Waals surface area contributed by atoms with Crippen LogP contribution in [0.4, 0.5) is 5.69 Å². The summed E-state index contributed by atoms with van der Waals surface area (Å²) < 4.78 is 5.65. The van der Waals surface area contributed by atoms with Gasteiger partial charge in [0, 0.05) is 38.4 Å². The number of hydrogen-bond donors (Lipinski definition) is 0. The Balaban J connectivity index is 2.30. The first-order valence-electron chi connectivity index (χ1n) is 8.39. The highest BCUT2D eigenvalue weighted by molar-refractivity contribution is 5.97. The van der Waals surface area contributed by atoms with E-state index in [1.54, 1.807) is 24.0 Å². The number of anilines is 1. The third-order valence-corrected chi connectivity index (χ3v) is 4.33. The smallest absolute Gasteiger partial charge is 0.246 e. The standard InChI is InChI=1S/C19H28N2O3/c1-19(2,3)12-17(22)21-11-10-16(24-5)14-8-6-7-9-15(14)20(4)18(23)13-21/h6-9,16H,10-13H2,1-5H3. The van der Waals surface area contributed by atoms with Crippen LogP contribution in [0, 0.1) is 5.41 Å². The topological polar surface area (TPSA) is 49.9 Å². The maximum absolute atomic E-state index is 12.6. The number of likely N-dealkylation sites (N-methyl/N-ethyl adjacent to an activating group) is 1. The van der Waals surface area contributed by atoms with Gasteiger partial charge in [0.1, 0.15) is 6.54 Å². The van der Waals surface area contributed by atoms with Crippen molar-refractivity contribution in [2.24, 2.45) is 5.41 Å². The monoisotopic (exact) mass is 332 g/mol. The number of amides is 2. The Hall–Kier alpha value is -1.88. The maximum atomic E-state index is 12.6. The number of rotatable bonds is 2. The quantitative estimate of drug-likeness (QED) is 0.836. The minimum atomic E-state index is -0.139. The number of para-hydroxylation sites is 1. The van der Waals surface area contributed by atoms with Gasteiger partial charge in [-0.1, -0.05) is 39.0 Å². The summed E-state index contributed by atoms with van der Waals surface area (Å²) in [7, 11) is 3.42. The van der Waals surface area contributed by atoms with Crippen molar-refractivity contribution in [1.82, 2.24) is 4.90 Å². The van der Waals surface area contributed by atoms with Crippen molar-refractivity contribution in [3.8, 4) is 0 Å². The van der Waals surface area contributed by atoms with Crippen LogP contribution >= 0.6 is 0 Å². The van der Waals surface area contributed by atoms with Crippen LogP contribution in [0.5, 0.6) is 0 Å². The van der Waals surface area contributed by atoms with Gasteiger partial charge in [-0.3, -0.25) is 9.59 Å². The van der Waals surface area contributed by atoms with Crippen LogP contribution in [-0.2, 0) is 14.3 Å². The van der Waals surface area contributed by atoms with Crippen molar-refractivity contribution in [3.63, 3.8) is 0 Å². The second-order valence-corrected chi connectivity index (χ2v) is 7.58. The largest absolute Gasteiger partial charge is 0.377 e. The molecule has 5 heteroatoms. The van der Waals surface area contributed by atoms with Crippen LogP contribution < -0.4 is 4.90 Å². The number of hydrogen-bond acceptors (Lipinski definition) is 3. The molecule has 1 aromatic carbocycles. The minimum absolute atomic E-state index is 0.0186. The molecule has 0 saturated carbocycles. The zero-order chi connectivity index (χ0) is 17.9. The lowest BCUT2D eigenvalue weighted by molar-refractivity contribution is -0.137. The van der Waals surface area contributed by atoms with Crippen LogP contribution in [-0.4, -0.2) is 44.0 Å². The molecule has 1 atom stereocenters. The Morgan fingerprint density at radius 1 is 1.29 bits per heavy atom. The summed E-state index contributed by atoms with van der Waals surface area (Å²) in [5, 5.41) is 0. The molecule has 0 fully saturated rings.